The summed E-state index contributed by atoms with van der Waals surface area (Å²) in [7, 11) is 3.24. The van der Waals surface area contributed by atoms with Crippen LogP contribution in [0.2, 0.25) is 0 Å². The average Bonchev–Trinajstić information content (AvgIpc) is 2.43. The van der Waals surface area contributed by atoms with E-state index in [1.165, 1.54) is 4.68 Å². The molecule has 0 radical (unpaired) electrons. The molecule has 6 heteroatoms. The van der Waals surface area contributed by atoms with E-state index in [1.807, 2.05) is 6.07 Å². The first-order chi connectivity index (χ1) is 9.15. The molecule has 0 bridgehead atoms. The van der Waals surface area contributed by atoms with E-state index in [1.54, 1.807) is 32.4 Å². The van der Waals surface area contributed by atoms with Crippen molar-refractivity contribution in [2.45, 2.75) is 0 Å². The molecule has 2 rings (SSSR count). The third kappa shape index (κ3) is 2.63. The third-order valence-electron chi connectivity index (χ3n) is 2.77. The summed E-state index contributed by atoms with van der Waals surface area (Å²) in [5.41, 5.74) is 0.238. The summed E-state index contributed by atoms with van der Waals surface area (Å²) < 4.78 is 6.36. The van der Waals surface area contributed by atoms with E-state index in [-0.39, 0.29) is 11.1 Å². The summed E-state index contributed by atoms with van der Waals surface area (Å²) in [5, 5.41) is 7.11. The van der Waals surface area contributed by atoms with Crippen molar-refractivity contribution in [2.75, 3.05) is 20.3 Å². The number of aromatic nitrogens is 2. The minimum Gasteiger partial charge on any atom is -0.383 e. The predicted molar refractivity (Wildman–Crippen MR) is 71.2 cm³/mol. The first-order valence-electron chi connectivity index (χ1n) is 5.88. The fourth-order valence-corrected chi connectivity index (χ4v) is 1.82. The molecule has 0 saturated heterocycles. The number of nitrogens with one attached hydrogen (secondary N) is 1. The number of nitrogens with zero attached hydrogens (tertiary/aromatic N) is 2. The second kappa shape index (κ2) is 5.62. The van der Waals surface area contributed by atoms with Gasteiger partial charge in [-0.25, -0.2) is 0 Å². The number of benzene rings is 1. The molecule has 0 saturated carbocycles. The van der Waals surface area contributed by atoms with Crippen LogP contribution in [0.15, 0.2) is 29.1 Å². The minimum absolute atomic E-state index is 0.0997. The lowest BCUT2D eigenvalue weighted by Crippen LogP contribution is -2.33. The molecule has 19 heavy (non-hydrogen) atoms. The third-order valence-corrected chi connectivity index (χ3v) is 2.77. The average molecular weight is 261 g/mol. The molecule has 1 N–H and O–H groups in total. The van der Waals surface area contributed by atoms with E-state index in [0.29, 0.717) is 24.1 Å². The maximum atomic E-state index is 12.2. The zero-order valence-corrected chi connectivity index (χ0v) is 10.8. The molecule has 1 amide bonds. The number of ether oxygens (including phenoxy) is 1. The van der Waals surface area contributed by atoms with Crippen LogP contribution in [-0.2, 0) is 11.8 Å². The van der Waals surface area contributed by atoms with Crippen LogP contribution in [0, 0.1) is 0 Å². The van der Waals surface area contributed by atoms with Gasteiger partial charge in [0.05, 0.1) is 12.1 Å². The smallest absolute Gasteiger partial charge is 0.275 e. The molecule has 1 aromatic carbocycles. The van der Waals surface area contributed by atoms with E-state index >= 15 is 0 Å². The molecule has 0 aliphatic carbocycles. The van der Waals surface area contributed by atoms with Gasteiger partial charge < -0.3 is 10.1 Å². The maximum absolute atomic E-state index is 12.2. The Morgan fingerprint density at radius 3 is 2.89 bits per heavy atom. The van der Waals surface area contributed by atoms with Crippen molar-refractivity contribution in [2.24, 2.45) is 7.05 Å². The van der Waals surface area contributed by atoms with Gasteiger partial charge in [0.25, 0.3) is 5.91 Å². The highest BCUT2D eigenvalue weighted by molar-refractivity contribution is 5.95. The molecule has 0 atom stereocenters. The van der Waals surface area contributed by atoms with Crippen LogP contribution >= 0.6 is 0 Å². The molecule has 0 aliphatic rings. The highest BCUT2D eigenvalue weighted by atomic mass is 16.5. The summed E-state index contributed by atoms with van der Waals surface area (Å²) in [6.45, 7) is 0.729. The zero-order chi connectivity index (χ0) is 13.8. The van der Waals surface area contributed by atoms with Crippen LogP contribution in [0.1, 0.15) is 10.5 Å². The normalized spacial score (nSPS) is 10.6. The molecule has 0 aliphatic heterocycles. The summed E-state index contributed by atoms with van der Waals surface area (Å²) in [4.78, 5) is 24.1. The first-order valence-corrected chi connectivity index (χ1v) is 5.88. The Morgan fingerprint density at radius 2 is 2.16 bits per heavy atom. The Labute approximate surface area is 110 Å². The van der Waals surface area contributed by atoms with Crippen LogP contribution in [-0.4, -0.2) is 35.9 Å². The molecular weight excluding hydrogens is 246 g/mol. The van der Waals surface area contributed by atoms with Gasteiger partial charge in [0.1, 0.15) is 0 Å². The monoisotopic (exact) mass is 261 g/mol. The predicted octanol–water partition coefficient (Wildman–Crippen LogP) is 0.310. The number of carbonyl (C=O) groups is 1. The lowest BCUT2D eigenvalue weighted by atomic mass is 10.2. The zero-order valence-electron chi connectivity index (χ0n) is 10.8. The SMILES string of the molecule is COCCNC(=O)c1nn(C)c2ccccc2c1=O. The van der Waals surface area contributed by atoms with E-state index in [4.69, 9.17) is 4.74 Å². The van der Waals surface area contributed by atoms with Crippen molar-refractivity contribution >= 4 is 16.8 Å². The number of para-hydroxylation sites is 1. The Bertz CT molecular complexity index is 664. The van der Waals surface area contributed by atoms with Crippen molar-refractivity contribution in [3.63, 3.8) is 0 Å². The van der Waals surface area contributed by atoms with Gasteiger partial charge in [0.2, 0.25) is 5.43 Å². The largest absolute Gasteiger partial charge is 0.383 e. The van der Waals surface area contributed by atoms with E-state index in [0.717, 1.165) is 0 Å². The van der Waals surface area contributed by atoms with Gasteiger partial charge in [-0.2, -0.15) is 5.10 Å². The number of amides is 1. The van der Waals surface area contributed by atoms with Gasteiger partial charge in [-0.1, -0.05) is 12.1 Å². The van der Waals surface area contributed by atoms with Crippen LogP contribution in [0.25, 0.3) is 10.9 Å². The van der Waals surface area contributed by atoms with Crippen molar-refractivity contribution in [1.29, 1.82) is 0 Å². The number of carbonyl (C=O) groups excluding carboxylic acids is 1. The van der Waals surface area contributed by atoms with Crippen molar-refractivity contribution in [3.8, 4) is 0 Å². The van der Waals surface area contributed by atoms with Crippen LogP contribution in [0.4, 0.5) is 0 Å². The summed E-state index contributed by atoms with van der Waals surface area (Å²) in [5.74, 6) is -0.483. The first kappa shape index (κ1) is 13.2. The number of aryl methyl sites for hydroxylation is 1. The molecule has 2 aromatic rings. The molecule has 6 nitrogen and oxygen atoms in total. The molecule has 0 unspecified atom stereocenters. The Balaban J connectivity index is 2.42. The minimum atomic E-state index is -0.483. The van der Waals surface area contributed by atoms with Crippen molar-refractivity contribution in [1.82, 2.24) is 15.1 Å². The van der Waals surface area contributed by atoms with Crippen molar-refractivity contribution in [3.05, 3.63) is 40.2 Å². The second-order valence-electron chi connectivity index (χ2n) is 4.07. The van der Waals surface area contributed by atoms with E-state index in [9.17, 15) is 9.59 Å². The standard InChI is InChI=1S/C13H15N3O3/c1-16-10-6-4-3-5-9(10)12(17)11(15-16)13(18)14-7-8-19-2/h3-6H,7-8H2,1-2H3,(H,14,18). The number of rotatable bonds is 4. The van der Waals surface area contributed by atoms with E-state index in [2.05, 4.69) is 10.4 Å². The second-order valence-corrected chi connectivity index (χ2v) is 4.07. The highest BCUT2D eigenvalue weighted by Crippen LogP contribution is 2.07. The lowest BCUT2D eigenvalue weighted by molar-refractivity contribution is 0.0929. The summed E-state index contributed by atoms with van der Waals surface area (Å²) in [6, 6.07) is 7.06. The molecule has 1 aromatic heterocycles. The Morgan fingerprint density at radius 1 is 1.42 bits per heavy atom. The summed E-state index contributed by atoms with van der Waals surface area (Å²) in [6.07, 6.45) is 0. The number of hydrogen-bond acceptors (Lipinski definition) is 4. The molecule has 100 valence electrons. The van der Waals surface area contributed by atoms with Crippen LogP contribution < -0.4 is 10.7 Å². The van der Waals surface area contributed by atoms with Crippen molar-refractivity contribution < 1.29 is 9.53 Å². The number of fused-ring (bicyclic) bond motifs is 1. The van der Waals surface area contributed by atoms with Crippen LogP contribution in [0.3, 0.4) is 0 Å². The van der Waals surface area contributed by atoms with Crippen LogP contribution in [0.5, 0.6) is 0 Å². The molecule has 0 fully saturated rings. The Kier molecular flexibility index (Phi) is 3.91. The fourth-order valence-electron chi connectivity index (χ4n) is 1.82. The molecule has 0 spiro atoms. The number of hydrogen-bond donors (Lipinski definition) is 1. The topological polar surface area (TPSA) is 73.2 Å². The van der Waals surface area contributed by atoms with Gasteiger partial charge in [-0.3, -0.25) is 14.3 Å². The van der Waals surface area contributed by atoms with Gasteiger partial charge in [0.15, 0.2) is 5.69 Å². The Hall–Kier alpha value is -2.21. The van der Waals surface area contributed by atoms with E-state index < -0.39 is 5.91 Å². The van der Waals surface area contributed by atoms with Gasteiger partial charge >= 0.3 is 0 Å². The quantitative estimate of drug-likeness (QED) is 0.804. The molecular formula is C13H15N3O3. The van der Waals surface area contributed by atoms with Gasteiger partial charge in [-0.15, -0.1) is 0 Å². The molecule has 1 heterocycles. The maximum Gasteiger partial charge on any atom is 0.275 e. The number of methoxy groups -OCH3 is 1. The lowest BCUT2D eigenvalue weighted by Gasteiger charge is -2.08. The van der Waals surface area contributed by atoms with Gasteiger partial charge in [-0.05, 0) is 12.1 Å². The summed E-state index contributed by atoms with van der Waals surface area (Å²) >= 11 is 0. The fraction of sp³-hybridized carbons (Fsp3) is 0.308. The van der Waals surface area contributed by atoms with Gasteiger partial charge in [0, 0.05) is 26.1 Å². The highest BCUT2D eigenvalue weighted by Gasteiger charge is 2.15.